The summed E-state index contributed by atoms with van der Waals surface area (Å²) in [7, 11) is 3.35. The van der Waals surface area contributed by atoms with Gasteiger partial charge in [-0.1, -0.05) is 23.7 Å². The molecule has 2 N–H and O–H groups in total. The van der Waals surface area contributed by atoms with Crippen molar-refractivity contribution in [3.8, 4) is 5.75 Å². The zero-order valence-corrected chi connectivity index (χ0v) is 15.6. The van der Waals surface area contributed by atoms with Gasteiger partial charge in [0.25, 0.3) is 0 Å². The molecule has 0 fully saturated rings. The number of guanidine groups is 1. The number of methoxy groups -OCH3 is 1. The quantitative estimate of drug-likeness (QED) is 0.412. The molecule has 0 aliphatic heterocycles. The van der Waals surface area contributed by atoms with E-state index >= 15 is 0 Å². The Morgan fingerprint density at radius 3 is 2.77 bits per heavy atom. The number of benzene rings is 2. The Kier molecular flexibility index (Phi) is 8.18. The Bertz CT molecular complexity index is 740. The number of aliphatic imine (C=N–C) groups is 1. The second-order valence-corrected chi connectivity index (χ2v) is 5.93. The molecule has 0 radical (unpaired) electrons. The van der Waals surface area contributed by atoms with Gasteiger partial charge in [-0.2, -0.15) is 0 Å². The molecule has 0 amide bonds. The van der Waals surface area contributed by atoms with Crippen LogP contribution >= 0.6 is 11.6 Å². The molecule has 140 valence electrons. The van der Waals surface area contributed by atoms with Crippen molar-refractivity contribution in [1.82, 2.24) is 5.32 Å². The van der Waals surface area contributed by atoms with Crippen LogP contribution < -0.4 is 15.4 Å². The van der Waals surface area contributed by atoms with Crippen LogP contribution in [0.4, 0.5) is 10.1 Å². The second kappa shape index (κ2) is 10.6. The molecule has 0 unspecified atom stereocenters. The van der Waals surface area contributed by atoms with Crippen LogP contribution in [0.25, 0.3) is 0 Å². The maximum Gasteiger partial charge on any atom is 0.195 e. The maximum absolute atomic E-state index is 13.2. The summed E-state index contributed by atoms with van der Waals surface area (Å²) >= 11 is 5.80. The Hall–Kier alpha value is -2.31. The van der Waals surface area contributed by atoms with E-state index < -0.39 is 5.82 Å². The molecule has 2 aromatic rings. The fourth-order valence-electron chi connectivity index (χ4n) is 2.21. The molecule has 0 saturated heterocycles. The van der Waals surface area contributed by atoms with Crippen molar-refractivity contribution in [3.63, 3.8) is 0 Å². The topological polar surface area (TPSA) is 54.9 Å². The normalized spacial score (nSPS) is 11.3. The predicted octanol–water partition coefficient (Wildman–Crippen LogP) is 4.08. The SMILES string of the molecule is CN=C(NCc1ccc(F)c(Cl)c1)Nc1cccc(OCCCOC)c1. The number of nitrogens with zero attached hydrogens (tertiary/aromatic N) is 1. The third-order valence-electron chi connectivity index (χ3n) is 3.53. The number of hydrogen-bond donors (Lipinski definition) is 2. The first-order chi connectivity index (χ1) is 12.6. The van der Waals surface area contributed by atoms with Crippen molar-refractivity contribution < 1.29 is 13.9 Å². The van der Waals surface area contributed by atoms with E-state index in [1.165, 1.54) is 6.07 Å². The van der Waals surface area contributed by atoms with E-state index in [4.69, 9.17) is 21.1 Å². The van der Waals surface area contributed by atoms with E-state index in [1.807, 2.05) is 24.3 Å². The summed E-state index contributed by atoms with van der Waals surface area (Å²) in [6.45, 7) is 1.73. The molecule has 0 aliphatic rings. The van der Waals surface area contributed by atoms with Crippen LogP contribution in [0.5, 0.6) is 5.75 Å². The first-order valence-corrected chi connectivity index (χ1v) is 8.63. The molecular weight excluding hydrogens is 357 g/mol. The summed E-state index contributed by atoms with van der Waals surface area (Å²) in [5.41, 5.74) is 1.70. The van der Waals surface area contributed by atoms with Gasteiger partial charge in [0.1, 0.15) is 11.6 Å². The van der Waals surface area contributed by atoms with E-state index in [1.54, 1.807) is 26.3 Å². The van der Waals surface area contributed by atoms with E-state index in [0.717, 1.165) is 23.4 Å². The van der Waals surface area contributed by atoms with Crippen molar-refractivity contribution in [2.75, 3.05) is 32.7 Å². The van der Waals surface area contributed by atoms with Gasteiger partial charge in [0, 0.05) is 45.5 Å². The van der Waals surface area contributed by atoms with Crippen LogP contribution in [-0.4, -0.2) is 33.3 Å². The molecule has 5 nitrogen and oxygen atoms in total. The van der Waals surface area contributed by atoms with Crippen molar-refractivity contribution in [2.45, 2.75) is 13.0 Å². The first-order valence-electron chi connectivity index (χ1n) is 8.26. The van der Waals surface area contributed by atoms with Crippen LogP contribution in [0.15, 0.2) is 47.5 Å². The molecule has 0 spiro atoms. The fraction of sp³-hybridized carbons (Fsp3) is 0.316. The number of nitrogens with one attached hydrogen (secondary N) is 2. The van der Waals surface area contributed by atoms with Gasteiger partial charge in [-0.3, -0.25) is 4.99 Å². The number of rotatable bonds is 8. The molecular formula is C19H23ClFN3O2. The number of anilines is 1. The summed E-state index contributed by atoms with van der Waals surface area (Å²) in [5, 5.41) is 6.46. The van der Waals surface area contributed by atoms with Crippen molar-refractivity contribution in [1.29, 1.82) is 0 Å². The van der Waals surface area contributed by atoms with Gasteiger partial charge in [-0.25, -0.2) is 4.39 Å². The molecule has 0 bridgehead atoms. The maximum atomic E-state index is 13.2. The van der Waals surface area contributed by atoms with Crippen LogP contribution in [0, 0.1) is 5.82 Å². The Morgan fingerprint density at radius 1 is 1.19 bits per heavy atom. The Labute approximate surface area is 158 Å². The lowest BCUT2D eigenvalue weighted by atomic mass is 10.2. The van der Waals surface area contributed by atoms with Gasteiger partial charge in [-0.15, -0.1) is 0 Å². The molecule has 26 heavy (non-hydrogen) atoms. The lowest BCUT2D eigenvalue weighted by Crippen LogP contribution is -2.30. The molecule has 7 heteroatoms. The van der Waals surface area contributed by atoms with Crippen LogP contribution in [0.1, 0.15) is 12.0 Å². The standard InChI is InChI=1S/C19H23ClFN3O2/c1-22-19(23-13-14-7-8-18(21)17(20)11-14)24-15-5-3-6-16(12-15)26-10-4-9-25-2/h3,5-8,11-12H,4,9-10,13H2,1-2H3,(H2,22,23,24). The number of ether oxygens (including phenoxy) is 2. The summed E-state index contributed by atoms with van der Waals surface area (Å²) in [5.74, 6) is 0.925. The van der Waals surface area contributed by atoms with E-state index in [2.05, 4.69) is 15.6 Å². The van der Waals surface area contributed by atoms with Gasteiger partial charge in [-0.05, 0) is 29.8 Å². The smallest absolute Gasteiger partial charge is 0.195 e. The summed E-state index contributed by atoms with van der Waals surface area (Å²) in [6.07, 6.45) is 0.831. The van der Waals surface area contributed by atoms with E-state index in [9.17, 15) is 4.39 Å². The zero-order valence-electron chi connectivity index (χ0n) is 14.9. The molecule has 0 saturated carbocycles. The van der Waals surface area contributed by atoms with E-state index in [0.29, 0.717) is 25.7 Å². The number of hydrogen-bond acceptors (Lipinski definition) is 3. The van der Waals surface area contributed by atoms with Gasteiger partial charge in [0.2, 0.25) is 0 Å². The summed E-state index contributed by atoms with van der Waals surface area (Å²) in [4.78, 5) is 4.18. The van der Waals surface area contributed by atoms with Gasteiger partial charge in [0.15, 0.2) is 5.96 Å². The van der Waals surface area contributed by atoms with Crippen molar-refractivity contribution >= 4 is 23.2 Å². The minimum Gasteiger partial charge on any atom is -0.493 e. The van der Waals surface area contributed by atoms with E-state index in [-0.39, 0.29) is 5.02 Å². The molecule has 2 rings (SSSR count). The molecule has 0 aromatic heterocycles. The Balaban J connectivity index is 1.89. The highest BCUT2D eigenvalue weighted by molar-refractivity contribution is 6.30. The lowest BCUT2D eigenvalue weighted by molar-refractivity contribution is 0.172. The fourth-order valence-corrected chi connectivity index (χ4v) is 2.41. The summed E-state index contributed by atoms with van der Waals surface area (Å²) < 4.78 is 23.9. The Morgan fingerprint density at radius 2 is 2.04 bits per heavy atom. The highest BCUT2D eigenvalue weighted by Crippen LogP contribution is 2.18. The third kappa shape index (κ3) is 6.54. The van der Waals surface area contributed by atoms with Crippen LogP contribution in [0.2, 0.25) is 5.02 Å². The van der Waals surface area contributed by atoms with Gasteiger partial charge in [0.05, 0.1) is 11.6 Å². The molecule has 2 aromatic carbocycles. The number of halogens is 2. The molecule has 0 atom stereocenters. The van der Waals surface area contributed by atoms with Gasteiger partial charge >= 0.3 is 0 Å². The predicted molar refractivity (Wildman–Crippen MR) is 104 cm³/mol. The van der Waals surface area contributed by atoms with Gasteiger partial charge < -0.3 is 20.1 Å². The van der Waals surface area contributed by atoms with Crippen LogP contribution in [-0.2, 0) is 11.3 Å². The average Bonchev–Trinajstić information content (AvgIpc) is 2.65. The van der Waals surface area contributed by atoms with Crippen molar-refractivity contribution in [3.05, 3.63) is 58.9 Å². The average molecular weight is 380 g/mol. The van der Waals surface area contributed by atoms with Crippen LogP contribution in [0.3, 0.4) is 0 Å². The first kappa shape index (κ1) is 20.0. The lowest BCUT2D eigenvalue weighted by Gasteiger charge is -2.13. The van der Waals surface area contributed by atoms with Crippen molar-refractivity contribution in [2.24, 2.45) is 4.99 Å². The molecule has 0 heterocycles. The largest absolute Gasteiger partial charge is 0.493 e. The minimum atomic E-state index is -0.430. The minimum absolute atomic E-state index is 0.102. The zero-order chi connectivity index (χ0) is 18.8. The molecule has 0 aliphatic carbocycles. The third-order valence-corrected chi connectivity index (χ3v) is 3.82. The monoisotopic (exact) mass is 379 g/mol. The second-order valence-electron chi connectivity index (χ2n) is 5.52. The highest BCUT2D eigenvalue weighted by atomic mass is 35.5. The highest BCUT2D eigenvalue weighted by Gasteiger charge is 2.04. The summed E-state index contributed by atoms with van der Waals surface area (Å²) in [6, 6.07) is 12.2.